The van der Waals surface area contributed by atoms with Gasteiger partial charge in [-0.25, -0.2) is 17.9 Å². The van der Waals surface area contributed by atoms with Gasteiger partial charge in [-0.2, -0.15) is 0 Å². The van der Waals surface area contributed by atoms with Gasteiger partial charge in [0.2, 0.25) is 10.0 Å². The van der Waals surface area contributed by atoms with E-state index in [1.54, 1.807) is 6.07 Å². The molecule has 0 heterocycles. The Morgan fingerprint density at radius 1 is 1.38 bits per heavy atom. The van der Waals surface area contributed by atoms with Crippen LogP contribution in [0.2, 0.25) is 0 Å². The number of hydrogen-bond donors (Lipinski definition) is 2. The molecule has 0 spiro atoms. The molecule has 1 aliphatic rings. The molecule has 2 N–H and O–H groups in total. The first kappa shape index (κ1) is 16.0. The standard InChI is InChI=1S/C15H21NO4S/c1-3-11-7-8-12(9-13(11)15(17)18)21(19,20)16-14-6-4-5-10(14)2/h7-10,14,16H,3-6H2,1-2H3,(H,17,18). The van der Waals surface area contributed by atoms with Gasteiger partial charge >= 0.3 is 5.97 Å². The third kappa shape index (κ3) is 3.44. The van der Waals surface area contributed by atoms with Gasteiger partial charge in [0.15, 0.2) is 0 Å². The second-order valence-corrected chi connectivity index (χ2v) is 7.33. The van der Waals surface area contributed by atoms with Crippen LogP contribution in [0.15, 0.2) is 23.1 Å². The van der Waals surface area contributed by atoms with Crippen LogP contribution in [0.3, 0.4) is 0 Å². The van der Waals surface area contributed by atoms with Crippen LogP contribution in [0, 0.1) is 5.92 Å². The minimum absolute atomic E-state index is 0.0243. The van der Waals surface area contributed by atoms with Crippen LogP contribution in [0.4, 0.5) is 0 Å². The smallest absolute Gasteiger partial charge is 0.336 e. The maximum atomic E-state index is 12.4. The maximum absolute atomic E-state index is 12.4. The zero-order valence-corrected chi connectivity index (χ0v) is 13.1. The molecule has 2 rings (SSSR count). The van der Waals surface area contributed by atoms with E-state index in [4.69, 9.17) is 0 Å². The van der Waals surface area contributed by atoms with E-state index in [9.17, 15) is 18.3 Å². The van der Waals surface area contributed by atoms with Crippen molar-refractivity contribution in [3.8, 4) is 0 Å². The summed E-state index contributed by atoms with van der Waals surface area (Å²) in [5.74, 6) is -0.785. The number of aromatic carboxylic acids is 1. The average molecular weight is 311 g/mol. The maximum Gasteiger partial charge on any atom is 0.336 e. The van der Waals surface area contributed by atoms with Gasteiger partial charge in [0.05, 0.1) is 10.5 Å². The lowest BCUT2D eigenvalue weighted by Gasteiger charge is -2.18. The molecule has 1 saturated carbocycles. The Morgan fingerprint density at radius 2 is 2.10 bits per heavy atom. The Bertz CT molecular complexity index is 639. The summed E-state index contributed by atoms with van der Waals surface area (Å²) in [6.07, 6.45) is 3.42. The molecular weight excluding hydrogens is 290 g/mol. The van der Waals surface area contributed by atoms with Crippen LogP contribution in [0.1, 0.15) is 49.0 Å². The first-order valence-corrected chi connectivity index (χ1v) is 8.72. The van der Waals surface area contributed by atoms with Crippen molar-refractivity contribution < 1.29 is 18.3 Å². The number of nitrogens with one attached hydrogen (secondary N) is 1. The summed E-state index contributed by atoms with van der Waals surface area (Å²) >= 11 is 0. The summed E-state index contributed by atoms with van der Waals surface area (Å²) in [6, 6.07) is 4.25. The fourth-order valence-electron chi connectivity index (χ4n) is 2.82. The molecule has 0 aromatic heterocycles. The fourth-order valence-corrected chi connectivity index (χ4v) is 4.22. The van der Waals surface area contributed by atoms with Gasteiger partial charge in [0, 0.05) is 6.04 Å². The SMILES string of the molecule is CCc1ccc(S(=O)(=O)NC2CCCC2C)cc1C(=O)O. The number of carboxylic acids is 1. The zero-order valence-electron chi connectivity index (χ0n) is 12.3. The molecule has 6 heteroatoms. The number of carboxylic acid groups (broad SMARTS) is 1. The molecule has 0 amide bonds. The number of hydrogen-bond acceptors (Lipinski definition) is 3. The van der Waals surface area contributed by atoms with E-state index in [1.165, 1.54) is 12.1 Å². The molecule has 0 bridgehead atoms. The van der Waals surface area contributed by atoms with Gasteiger partial charge in [0.1, 0.15) is 0 Å². The van der Waals surface area contributed by atoms with Crippen molar-refractivity contribution in [1.82, 2.24) is 4.72 Å². The van der Waals surface area contributed by atoms with Gasteiger partial charge in [-0.1, -0.05) is 26.3 Å². The summed E-state index contributed by atoms with van der Waals surface area (Å²) in [7, 11) is -3.67. The Morgan fingerprint density at radius 3 is 2.62 bits per heavy atom. The lowest BCUT2D eigenvalue weighted by atomic mass is 10.1. The topological polar surface area (TPSA) is 83.5 Å². The summed E-state index contributed by atoms with van der Waals surface area (Å²) in [4.78, 5) is 11.3. The predicted molar refractivity (Wildman–Crippen MR) is 79.9 cm³/mol. The van der Waals surface area contributed by atoms with Gasteiger partial charge in [-0.15, -0.1) is 0 Å². The summed E-state index contributed by atoms with van der Waals surface area (Å²) in [6.45, 7) is 3.87. The van der Waals surface area contributed by atoms with Crippen LogP contribution in [-0.2, 0) is 16.4 Å². The van der Waals surface area contributed by atoms with Crippen LogP contribution >= 0.6 is 0 Å². The van der Waals surface area contributed by atoms with E-state index < -0.39 is 16.0 Å². The quantitative estimate of drug-likeness (QED) is 0.874. The van der Waals surface area contributed by atoms with Crippen LogP contribution in [0.25, 0.3) is 0 Å². The van der Waals surface area contributed by atoms with Gasteiger partial charge in [-0.3, -0.25) is 0 Å². The molecular formula is C15H21NO4S. The van der Waals surface area contributed by atoms with E-state index in [0.717, 1.165) is 19.3 Å². The monoisotopic (exact) mass is 311 g/mol. The zero-order chi connectivity index (χ0) is 15.6. The number of benzene rings is 1. The average Bonchev–Trinajstić information content (AvgIpc) is 2.82. The highest BCUT2D eigenvalue weighted by atomic mass is 32.2. The molecule has 1 fully saturated rings. The molecule has 116 valence electrons. The predicted octanol–water partition coefficient (Wildman–Crippen LogP) is 2.41. The summed E-state index contributed by atoms with van der Waals surface area (Å²) in [5.41, 5.74) is 0.690. The Hall–Kier alpha value is -1.40. The van der Waals surface area contributed by atoms with Gasteiger partial charge in [0.25, 0.3) is 0 Å². The van der Waals surface area contributed by atoms with Crippen molar-refractivity contribution in [1.29, 1.82) is 0 Å². The minimum Gasteiger partial charge on any atom is -0.478 e. The Balaban J connectivity index is 2.31. The van der Waals surface area contributed by atoms with E-state index in [2.05, 4.69) is 4.72 Å². The Labute approximate surface area is 125 Å². The van der Waals surface area contributed by atoms with Crippen molar-refractivity contribution in [2.45, 2.75) is 50.5 Å². The number of sulfonamides is 1. The third-order valence-electron chi connectivity index (χ3n) is 4.17. The molecule has 21 heavy (non-hydrogen) atoms. The van der Waals surface area contributed by atoms with Gasteiger partial charge < -0.3 is 5.11 Å². The lowest BCUT2D eigenvalue weighted by molar-refractivity contribution is 0.0695. The Kier molecular flexibility index (Phi) is 4.68. The molecule has 1 aromatic rings. The van der Waals surface area contributed by atoms with Crippen molar-refractivity contribution in [2.75, 3.05) is 0 Å². The lowest BCUT2D eigenvalue weighted by Crippen LogP contribution is -2.36. The van der Waals surface area contributed by atoms with Crippen LogP contribution in [0.5, 0.6) is 0 Å². The normalized spacial score (nSPS) is 22.4. The van der Waals surface area contributed by atoms with Crippen LogP contribution in [-0.4, -0.2) is 25.5 Å². The molecule has 1 aliphatic carbocycles. The second kappa shape index (κ2) is 6.15. The van der Waals surface area contributed by atoms with Crippen LogP contribution < -0.4 is 4.72 Å². The molecule has 1 aromatic carbocycles. The molecule has 0 saturated heterocycles. The largest absolute Gasteiger partial charge is 0.478 e. The van der Waals surface area contributed by atoms with Crippen molar-refractivity contribution in [3.63, 3.8) is 0 Å². The van der Waals surface area contributed by atoms with E-state index in [0.29, 0.717) is 17.9 Å². The number of aryl methyl sites for hydroxylation is 1. The van der Waals surface area contributed by atoms with Gasteiger partial charge in [-0.05, 0) is 42.9 Å². The highest BCUT2D eigenvalue weighted by molar-refractivity contribution is 7.89. The van der Waals surface area contributed by atoms with Crippen molar-refractivity contribution in [2.24, 2.45) is 5.92 Å². The van der Waals surface area contributed by atoms with Crippen molar-refractivity contribution >= 4 is 16.0 Å². The third-order valence-corrected chi connectivity index (χ3v) is 5.66. The number of rotatable bonds is 5. The second-order valence-electron chi connectivity index (χ2n) is 5.61. The highest BCUT2D eigenvalue weighted by Crippen LogP contribution is 2.27. The summed E-state index contributed by atoms with van der Waals surface area (Å²) in [5, 5.41) is 9.20. The molecule has 0 aliphatic heterocycles. The first-order valence-electron chi connectivity index (χ1n) is 7.23. The molecule has 2 unspecified atom stereocenters. The molecule has 2 atom stereocenters. The van der Waals surface area contributed by atoms with E-state index in [-0.39, 0.29) is 16.5 Å². The minimum atomic E-state index is -3.67. The molecule has 0 radical (unpaired) electrons. The molecule has 5 nitrogen and oxygen atoms in total. The number of carbonyl (C=O) groups is 1. The van der Waals surface area contributed by atoms with Crippen molar-refractivity contribution in [3.05, 3.63) is 29.3 Å². The van der Waals surface area contributed by atoms with E-state index >= 15 is 0 Å². The van der Waals surface area contributed by atoms with E-state index in [1.807, 2.05) is 13.8 Å². The highest BCUT2D eigenvalue weighted by Gasteiger charge is 2.28. The first-order chi connectivity index (χ1) is 9.85. The fraction of sp³-hybridized carbons (Fsp3) is 0.533. The summed E-state index contributed by atoms with van der Waals surface area (Å²) < 4.78 is 27.5.